The van der Waals surface area contributed by atoms with Crippen LogP contribution in [0.15, 0.2) is 83.0 Å². The number of hydrogen-bond donors (Lipinski definition) is 0. The van der Waals surface area contributed by atoms with E-state index in [1.54, 1.807) is 0 Å². The average molecular weight is 356 g/mol. The molecular weight excluding hydrogens is 336 g/mol. The minimum Gasteiger partial charge on any atom is -0.492 e. The molecule has 134 valence electrons. The summed E-state index contributed by atoms with van der Waals surface area (Å²) in [7, 11) is 0. The molecule has 2 aromatic carbocycles. The third-order valence-electron chi connectivity index (χ3n) is 4.28. The highest BCUT2D eigenvalue weighted by Gasteiger charge is 2.15. The Hall–Kier alpha value is -3.47. The number of rotatable bonds is 5. The molecule has 0 atom stereocenters. The van der Waals surface area contributed by atoms with Gasteiger partial charge in [-0.3, -0.25) is 4.40 Å². The molecule has 0 amide bonds. The van der Waals surface area contributed by atoms with Crippen LogP contribution in [0.25, 0.3) is 16.9 Å². The molecule has 0 spiro atoms. The van der Waals surface area contributed by atoms with E-state index >= 15 is 0 Å². The summed E-state index contributed by atoms with van der Waals surface area (Å²) in [6.45, 7) is 4.57. The summed E-state index contributed by atoms with van der Waals surface area (Å²) in [5.41, 5.74) is 4.41. The van der Waals surface area contributed by atoms with Gasteiger partial charge in [-0.15, -0.1) is 10.2 Å². The molecule has 2 aromatic heterocycles. The molecule has 5 heteroatoms. The second kappa shape index (κ2) is 7.41. The first-order chi connectivity index (χ1) is 13.3. The molecule has 0 saturated carbocycles. The highest BCUT2D eigenvalue weighted by molar-refractivity contribution is 5.74. The molecule has 0 aliphatic rings. The van der Waals surface area contributed by atoms with E-state index in [9.17, 15) is 0 Å². The maximum absolute atomic E-state index is 5.66. The highest BCUT2D eigenvalue weighted by atomic mass is 16.5. The maximum atomic E-state index is 5.66. The van der Waals surface area contributed by atoms with Crippen LogP contribution in [0.3, 0.4) is 0 Å². The number of para-hydroxylation sites is 1. The van der Waals surface area contributed by atoms with Gasteiger partial charge in [-0.1, -0.05) is 48.5 Å². The lowest BCUT2D eigenvalue weighted by Gasteiger charge is -2.05. The zero-order valence-corrected chi connectivity index (χ0v) is 15.3. The number of ether oxygens (including phenoxy) is 1. The Bertz CT molecular complexity index is 1100. The second-order valence-electron chi connectivity index (χ2n) is 6.11. The number of aryl methyl sites for hydroxylation is 1. The Morgan fingerprint density at radius 3 is 2.48 bits per heavy atom. The molecule has 27 heavy (non-hydrogen) atoms. The third-order valence-corrected chi connectivity index (χ3v) is 4.28. The summed E-state index contributed by atoms with van der Waals surface area (Å²) < 4.78 is 7.68. The van der Waals surface area contributed by atoms with E-state index in [1.807, 2.05) is 91.0 Å². The van der Waals surface area contributed by atoms with Crippen LogP contribution in [0, 0.1) is 6.92 Å². The molecule has 2 heterocycles. The molecular formula is C22H20N4O. The minimum atomic E-state index is 0.580. The zero-order valence-electron chi connectivity index (χ0n) is 15.3. The van der Waals surface area contributed by atoms with Gasteiger partial charge in [-0.05, 0) is 38.1 Å². The van der Waals surface area contributed by atoms with Gasteiger partial charge in [0.15, 0.2) is 5.82 Å². The molecule has 4 aromatic rings. The highest BCUT2D eigenvalue weighted by Crippen LogP contribution is 2.34. The summed E-state index contributed by atoms with van der Waals surface area (Å²) in [6.07, 6.45) is 0. The van der Waals surface area contributed by atoms with Crippen molar-refractivity contribution in [2.24, 2.45) is 10.2 Å². The van der Waals surface area contributed by atoms with Crippen molar-refractivity contribution in [3.05, 3.63) is 78.5 Å². The average Bonchev–Trinajstić information content (AvgIpc) is 3.08. The molecule has 0 bridgehead atoms. The van der Waals surface area contributed by atoms with Crippen LogP contribution < -0.4 is 4.74 Å². The predicted octanol–water partition coefficient (Wildman–Crippen LogP) is 6.12. The summed E-state index contributed by atoms with van der Waals surface area (Å²) in [5.74, 6) is 1.43. The van der Waals surface area contributed by atoms with E-state index in [1.165, 1.54) is 0 Å². The van der Waals surface area contributed by atoms with E-state index in [4.69, 9.17) is 9.72 Å². The Morgan fingerprint density at radius 1 is 0.889 bits per heavy atom. The number of fused-ring (bicyclic) bond motifs is 1. The molecule has 4 rings (SSSR count). The van der Waals surface area contributed by atoms with Crippen LogP contribution in [-0.4, -0.2) is 16.0 Å². The van der Waals surface area contributed by atoms with Gasteiger partial charge < -0.3 is 4.74 Å². The Morgan fingerprint density at radius 2 is 1.67 bits per heavy atom. The van der Waals surface area contributed by atoms with Crippen LogP contribution >= 0.6 is 0 Å². The number of hydrogen-bond acceptors (Lipinski definition) is 4. The molecule has 0 N–H and O–H groups in total. The van der Waals surface area contributed by atoms with Gasteiger partial charge in [0.2, 0.25) is 0 Å². The fourth-order valence-corrected chi connectivity index (χ4v) is 3.04. The molecule has 0 radical (unpaired) electrons. The van der Waals surface area contributed by atoms with Crippen LogP contribution in [0.1, 0.15) is 12.6 Å². The third kappa shape index (κ3) is 3.31. The van der Waals surface area contributed by atoms with Crippen molar-refractivity contribution in [2.45, 2.75) is 13.8 Å². The molecule has 0 aliphatic carbocycles. The fraction of sp³-hybridized carbons (Fsp3) is 0.136. The first kappa shape index (κ1) is 17.0. The lowest BCUT2D eigenvalue weighted by atomic mass is 10.1. The summed E-state index contributed by atoms with van der Waals surface area (Å²) in [4.78, 5) is 4.79. The van der Waals surface area contributed by atoms with E-state index < -0.39 is 0 Å². The van der Waals surface area contributed by atoms with E-state index in [2.05, 4.69) is 10.2 Å². The number of nitrogens with zero attached hydrogens (tertiary/aromatic N) is 4. The van der Waals surface area contributed by atoms with Crippen molar-refractivity contribution in [1.82, 2.24) is 9.38 Å². The van der Waals surface area contributed by atoms with Crippen LogP contribution in [-0.2, 0) is 0 Å². The Kier molecular flexibility index (Phi) is 4.66. The predicted molar refractivity (Wildman–Crippen MR) is 107 cm³/mol. The smallest absolute Gasteiger partial charge is 0.187 e. The zero-order chi connectivity index (χ0) is 18.6. The van der Waals surface area contributed by atoms with E-state index in [-0.39, 0.29) is 0 Å². The standard InChI is InChI=1S/C22H20N4O/c1-3-27-19-14-8-7-13-18(19)24-25-22-21(17-11-5-4-6-12-17)23-20-15-9-10-16(2)26(20)22/h4-15H,3H2,1-2H3. The molecule has 0 aliphatic heterocycles. The van der Waals surface area contributed by atoms with Crippen molar-refractivity contribution in [3.8, 4) is 17.0 Å². The van der Waals surface area contributed by atoms with Gasteiger partial charge in [0.05, 0.1) is 6.61 Å². The van der Waals surface area contributed by atoms with E-state index in [0.29, 0.717) is 18.1 Å². The first-order valence-corrected chi connectivity index (χ1v) is 8.95. The minimum absolute atomic E-state index is 0.580. The number of pyridine rings is 1. The number of azo groups is 1. The van der Waals surface area contributed by atoms with Gasteiger partial charge >= 0.3 is 0 Å². The van der Waals surface area contributed by atoms with Crippen molar-refractivity contribution in [3.63, 3.8) is 0 Å². The summed E-state index contributed by atoms with van der Waals surface area (Å²) >= 11 is 0. The van der Waals surface area contributed by atoms with Crippen LogP contribution in [0.4, 0.5) is 11.5 Å². The Labute approximate surface area is 158 Å². The monoisotopic (exact) mass is 356 g/mol. The summed E-state index contributed by atoms with van der Waals surface area (Å²) in [6, 6.07) is 23.7. The van der Waals surface area contributed by atoms with Gasteiger partial charge in [0, 0.05) is 11.3 Å². The Balaban J connectivity index is 1.88. The maximum Gasteiger partial charge on any atom is 0.187 e. The van der Waals surface area contributed by atoms with Crippen molar-refractivity contribution in [1.29, 1.82) is 0 Å². The number of imidazole rings is 1. The lowest BCUT2D eigenvalue weighted by molar-refractivity contribution is 0.341. The largest absolute Gasteiger partial charge is 0.492 e. The van der Waals surface area contributed by atoms with Gasteiger partial charge in [-0.2, -0.15) is 0 Å². The number of benzene rings is 2. The van der Waals surface area contributed by atoms with Crippen molar-refractivity contribution < 1.29 is 4.74 Å². The fourth-order valence-electron chi connectivity index (χ4n) is 3.04. The molecule has 0 unspecified atom stereocenters. The van der Waals surface area contributed by atoms with Crippen LogP contribution in [0.5, 0.6) is 5.75 Å². The van der Waals surface area contributed by atoms with Crippen LogP contribution in [0.2, 0.25) is 0 Å². The normalized spacial score (nSPS) is 11.3. The van der Waals surface area contributed by atoms with Gasteiger partial charge in [0.25, 0.3) is 0 Å². The topological polar surface area (TPSA) is 51.2 Å². The molecule has 0 fully saturated rings. The van der Waals surface area contributed by atoms with Crippen molar-refractivity contribution >= 4 is 17.2 Å². The second-order valence-corrected chi connectivity index (χ2v) is 6.11. The van der Waals surface area contributed by atoms with Crippen molar-refractivity contribution in [2.75, 3.05) is 6.61 Å². The molecule has 0 saturated heterocycles. The number of aromatic nitrogens is 2. The summed E-state index contributed by atoms with van der Waals surface area (Å²) in [5, 5.41) is 9.07. The first-order valence-electron chi connectivity index (χ1n) is 8.95. The quantitative estimate of drug-likeness (QED) is 0.404. The van der Waals surface area contributed by atoms with Gasteiger partial charge in [-0.25, -0.2) is 4.98 Å². The van der Waals surface area contributed by atoms with E-state index in [0.717, 1.165) is 28.3 Å². The van der Waals surface area contributed by atoms with Gasteiger partial charge in [0.1, 0.15) is 22.8 Å². The lowest BCUT2D eigenvalue weighted by Crippen LogP contribution is -1.91. The SMILES string of the molecule is CCOc1ccccc1N=Nc1c(-c2ccccc2)nc2cccc(C)n12. The molecule has 5 nitrogen and oxygen atoms in total.